The van der Waals surface area contributed by atoms with E-state index >= 15 is 0 Å². The largest absolute Gasteiger partial charge is 0.339 e. The molecule has 2 aromatic rings. The molecule has 4 rings (SSSR count). The lowest BCUT2D eigenvalue weighted by molar-refractivity contribution is -0.138. The number of piperazine rings is 1. The maximum absolute atomic E-state index is 13.2. The maximum atomic E-state index is 13.2. The van der Waals surface area contributed by atoms with Crippen molar-refractivity contribution in [2.75, 3.05) is 44.6 Å². The van der Waals surface area contributed by atoms with E-state index in [1.54, 1.807) is 0 Å². The van der Waals surface area contributed by atoms with Crippen molar-refractivity contribution >= 4 is 17.5 Å². The van der Waals surface area contributed by atoms with E-state index in [9.17, 15) is 9.59 Å². The fourth-order valence-corrected chi connectivity index (χ4v) is 4.38. The van der Waals surface area contributed by atoms with E-state index in [1.165, 1.54) is 5.56 Å². The lowest BCUT2D eigenvalue weighted by Gasteiger charge is -2.37. The van der Waals surface area contributed by atoms with Crippen LogP contribution in [0.1, 0.15) is 18.4 Å². The summed E-state index contributed by atoms with van der Waals surface area (Å²) in [5.41, 5.74) is 2.07. The van der Waals surface area contributed by atoms with Crippen LogP contribution in [0.4, 0.5) is 5.69 Å². The second-order valence-electron chi connectivity index (χ2n) is 8.13. The van der Waals surface area contributed by atoms with Gasteiger partial charge in [0.05, 0.1) is 12.6 Å². The monoisotopic (exact) mass is 406 g/mol. The van der Waals surface area contributed by atoms with Gasteiger partial charge in [-0.3, -0.25) is 19.4 Å². The number of anilines is 1. The summed E-state index contributed by atoms with van der Waals surface area (Å²) >= 11 is 0. The number of rotatable bonds is 6. The summed E-state index contributed by atoms with van der Waals surface area (Å²) in [6, 6.07) is 19.9. The average Bonchev–Trinajstić information content (AvgIpc) is 3.23. The second-order valence-corrected chi connectivity index (χ2v) is 8.13. The van der Waals surface area contributed by atoms with E-state index in [0.717, 1.165) is 44.7 Å². The molecule has 2 aliphatic rings. The molecule has 2 saturated heterocycles. The van der Waals surface area contributed by atoms with Gasteiger partial charge in [0.15, 0.2) is 0 Å². The summed E-state index contributed by atoms with van der Waals surface area (Å²) in [4.78, 5) is 31.9. The van der Waals surface area contributed by atoms with Crippen LogP contribution in [0.25, 0.3) is 0 Å². The first kappa shape index (κ1) is 20.6. The van der Waals surface area contributed by atoms with Gasteiger partial charge in [0, 0.05) is 38.4 Å². The predicted octanol–water partition coefficient (Wildman–Crippen LogP) is 2.43. The van der Waals surface area contributed by atoms with Crippen LogP contribution in [0, 0.1) is 0 Å². The molecule has 0 aromatic heterocycles. The zero-order valence-electron chi connectivity index (χ0n) is 17.4. The van der Waals surface area contributed by atoms with E-state index in [4.69, 9.17) is 0 Å². The molecule has 0 spiro atoms. The minimum Gasteiger partial charge on any atom is -0.339 e. The van der Waals surface area contributed by atoms with Crippen molar-refractivity contribution in [1.29, 1.82) is 0 Å². The lowest BCUT2D eigenvalue weighted by Crippen LogP contribution is -2.54. The molecule has 0 aliphatic carbocycles. The van der Waals surface area contributed by atoms with E-state index in [2.05, 4.69) is 39.4 Å². The quantitative estimate of drug-likeness (QED) is 0.801. The predicted molar refractivity (Wildman–Crippen MR) is 118 cm³/mol. The van der Waals surface area contributed by atoms with Crippen LogP contribution in [-0.4, -0.2) is 71.8 Å². The van der Waals surface area contributed by atoms with Crippen molar-refractivity contribution in [3.63, 3.8) is 0 Å². The molecule has 6 nitrogen and oxygen atoms in total. The van der Waals surface area contributed by atoms with E-state index in [1.807, 2.05) is 41.3 Å². The van der Waals surface area contributed by atoms with Crippen molar-refractivity contribution in [3.05, 3.63) is 66.2 Å². The third kappa shape index (κ3) is 5.26. The fourth-order valence-electron chi connectivity index (χ4n) is 4.38. The molecule has 2 aliphatic heterocycles. The molecule has 0 radical (unpaired) electrons. The number of para-hydroxylation sites is 1. The van der Waals surface area contributed by atoms with Gasteiger partial charge in [-0.15, -0.1) is 0 Å². The lowest BCUT2D eigenvalue weighted by atomic mass is 10.1. The van der Waals surface area contributed by atoms with Gasteiger partial charge >= 0.3 is 0 Å². The molecule has 2 heterocycles. The van der Waals surface area contributed by atoms with E-state index in [-0.39, 0.29) is 17.9 Å². The zero-order valence-corrected chi connectivity index (χ0v) is 17.4. The van der Waals surface area contributed by atoms with E-state index < -0.39 is 0 Å². The Morgan fingerprint density at radius 3 is 2.23 bits per heavy atom. The smallest absolute Gasteiger partial charge is 0.240 e. The van der Waals surface area contributed by atoms with Gasteiger partial charge in [0.1, 0.15) is 0 Å². The van der Waals surface area contributed by atoms with Crippen molar-refractivity contribution in [2.45, 2.75) is 25.4 Å². The number of hydrogen-bond donors (Lipinski definition) is 1. The average molecular weight is 407 g/mol. The first-order valence-electron chi connectivity index (χ1n) is 10.8. The molecule has 2 amide bonds. The van der Waals surface area contributed by atoms with Crippen LogP contribution in [0.5, 0.6) is 0 Å². The first-order valence-corrected chi connectivity index (χ1v) is 10.8. The third-order valence-corrected chi connectivity index (χ3v) is 5.99. The number of benzene rings is 2. The fraction of sp³-hybridized carbons (Fsp3) is 0.417. The number of nitrogens with zero attached hydrogens (tertiary/aromatic N) is 3. The molecule has 2 fully saturated rings. The number of amides is 2. The maximum Gasteiger partial charge on any atom is 0.240 e. The van der Waals surface area contributed by atoms with Crippen molar-refractivity contribution in [2.24, 2.45) is 0 Å². The SMILES string of the molecule is O=C(CN1CCN(C(=O)C2CCCN2Cc2ccccc2)CC1)Nc1ccccc1. The van der Waals surface area contributed by atoms with Gasteiger partial charge in [-0.1, -0.05) is 48.5 Å². The topological polar surface area (TPSA) is 55.9 Å². The first-order chi connectivity index (χ1) is 14.7. The Morgan fingerprint density at radius 1 is 0.867 bits per heavy atom. The highest BCUT2D eigenvalue weighted by atomic mass is 16.2. The summed E-state index contributed by atoms with van der Waals surface area (Å²) in [5.74, 6) is 0.239. The van der Waals surface area contributed by atoms with Crippen LogP contribution in [0.2, 0.25) is 0 Å². The minimum absolute atomic E-state index is 0.00851. The molecular formula is C24H30N4O2. The van der Waals surface area contributed by atoms with Crippen LogP contribution >= 0.6 is 0 Å². The molecule has 1 N–H and O–H groups in total. The number of hydrogen-bond acceptors (Lipinski definition) is 4. The van der Waals surface area contributed by atoms with Crippen LogP contribution in [-0.2, 0) is 16.1 Å². The Balaban J connectivity index is 1.25. The Bertz CT molecular complexity index is 835. The van der Waals surface area contributed by atoms with Gasteiger partial charge in [-0.25, -0.2) is 0 Å². The number of carbonyl (C=O) groups is 2. The number of carbonyl (C=O) groups excluding carboxylic acids is 2. The molecule has 2 aromatic carbocycles. The van der Waals surface area contributed by atoms with Crippen molar-refractivity contribution in [3.8, 4) is 0 Å². The van der Waals surface area contributed by atoms with E-state index in [0.29, 0.717) is 19.6 Å². The Morgan fingerprint density at radius 2 is 1.53 bits per heavy atom. The standard InChI is InChI=1S/C24H30N4O2/c29-23(25-21-10-5-2-6-11-21)19-26-14-16-27(17-15-26)24(30)22-12-7-13-28(22)18-20-8-3-1-4-9-20/h1-6,8-11,22H,7,12-19H2,(H,25,29). The van der Waals surface area contributed by atoms with Gasteiger partial charge < -0.3 is 10.2 Å². The zero-order chi connectivity index (χ0) is 20.8. The van der Waals surface area contributed by atoms with Gasteiger partial charge in [-0.2, -0.15) is 0 Å². The van der Waals surface area contributed by atoms with Crippen LogP contribution in [0.15, 0.2) is 60.7 Å². The van der Waals surface area contributed by atoms with Gasteiger partial charge in [-0.05, 0) is 37.1 Å². The Labute approximate surface area is 178 Å². The number of nitrogens with one attached hydrogen (secondary N) is 1. The molecule has 6 heteroatoms. The molecule has 1 unspecified atom stereocenters. The summed E-state index contributed by atoms with van der Waals surface area (Å²) in [6.07, 6.45) is 2.01. The van der Waals surface area contributed by atoms with Gasteiger partial charge in [0.2, 0.25) is 11.8 Å². The summed E-state index contributed by atoms with van der Waals surface area (Å²) in [6.45, 7) is 5.02. The van der Waals surface area contributed by atoms with Gasteiger partial charge in [0.25, 0.3) is 0 Å². The Hall–Kier alpha value is -2.70. The molecule has 0 saturated carbocycles. The van der Waals surface area contributed by atoms with Crippen molar-refractivity contribution < 1.29 is 9.59 Å². The highest BCUT2D eigenvalue weighted by molar-refractivity contribution is 5.92. The normalized spacial score (nSPS) is 20.3. The highest BCUT2D eigenvalue weighted by Gasteiger charge is 2.34. The highest BCUT2D eigenvalue weighted by Crippen LogP contribution is 2.22. The van der Waals surface area contributed by atoms with Crippen LogP contribution in [0.3, 0.4) is 0 Å². The molecule has 30 heavy (non-hydrogen) atoms. The summed E-state index contributed by atoms with van der Waals surface area (Å²) < 4.78 is 0. The van der Waals surface area contributed by atoms with Crippen LogP contribution < -0.4 is 5.32 Å². The van der Waals surface area contributed by atoms with Crippen molar-refractivity contribution in [1.82, 2.24) is 14.7 Å². The minimum atomic E-state index is -0.0156. The molecular weight excluding hydrogens is 376 g/mol. The third-order valence-electron chi connectivity index (χ3n) is 5.99. The summed E-state index contributed by atoms with van der Waals surface area (Å²) in [7, 11) is 0. The second kappa shape index (κ2) is 9.87. The molecule has 158 valence electrons. The summed E-state index contributed by atoms with van der Waals surface area (Å²) in [5, 5.41) is 2.93. The molecule has 0 bridgehead atoms. The number of likely N-dealkylation sites (tertiary alicyclic amines) is 1. The molecule has 1 atom stereocenters. The Kier molecular flexibility index (Phi) is 6.77.